The van der Waals surface area contributed by atoms with Crippen LogP contribution in [0.1, 0.15) is 12.8 Å². The number of para-hydroxylation sites is 1. The van der Waals surface area contributed by atoms with Crippen molar-refractivity contribution in [3.63, 3.8) is 0 Å². The number of likely N-dealkylation sites (tertiary alicyclic amines) is 1. The van der Waals surface area contributed by atoms with Gasteiger partial charge < -0.3 is 14.7 Å². The smallest absolute Gasteiger partial charge is 0.149 e. The second-order valence-electron chi connectivity index (χ2n) is 4.86. The number of nitrogens with zero attached hydrogens (tertiary/aromatic N) is 1. The summed E-state index contributed by atoms with van der Waals surface area (Å²) in [5, 5.41) is 10.3. The molecule has 0 aromatic heterocycles. The monoisotopic (exact) mass is 323 g/mol. The third-order valence-electron chi connectivity index (χ3n) is 3.27. The van der Waals surface area contributed by atoms with Gasteiger partial charge in [-0.2, -0.15) is 0 Å². The van der Waals surface area contributed by atoms with Crippen LogP contribution in [0.4, 0.5) is 0 Å². The van der Waals surface area contributed by atoms with E-state index in [0.717, 1.165) is 23.3 Å². The average molecular weight is 324 g/mol. The van der Waals surface area contributed by atoms with E-state index in [2.05, 4.69) is 39.7 Å². The Bertz CT molecular complexity index is 484. The predicted octanol–water partition coefficient (Wildman–Crippen LogP) is 2.29. The topological polar surface area (TPSA) is 32.7 Å². The molecular weight excluding hydrogens is 306 g/mol. The van der Waals surface area contributed by atoms with Crippen molar-refractivity contribution in [2.24, 2.45) is 0 Å². The fourth-order valence-corrected chi connectivity index (χ4v) is 2.39. The van der Waals surface area contributed by atoms with Crippen LogP contribution in [0.2, 0.25) is 0 Å². The maximum atomic E-state index is 10.3. The van der Waals surface area contributed by atoms with Crippen LogP contribution in [0, 0.1) is 11.8 Å². The van der Waals surface area contributed by atoms with Crippen molar-refractivity contribution in [3.8, 4) is 17.6 Å². The van der Waals surface area contributed by atoms with E-state index in [1.807, 2.05) is 24.3 Å². The minimum absolute atomic E-state index is 0.292. The first-order valence-corrected chi connectivity index (χ1v) is 7.17. The Morgan fingerprint density at radius 3 is 2.74 bits per heavy atom. The Balaban J connectivity index is 1.86. The van der Waals surface area contributed by atoms with Gasteiger partial charge in [0.25, 0.3) is 0 Å². The third kappa shape index (κ3) is 4.24. The molecule has 1 fully saturated rings. The van der Waals surface area contributed by atoms with E-state index < -0.39 is 5.60 Å². The summed E-state index contributed by atoms with van der Waals surface area (Å²) in [4.78, 5) is 2.20. The molecule has 4 heteroatoms. The second-order valence-corrected chi connectivity index (χ2v) is 5.71. The number of piperidine rings is 1. The van der Waals surface area contributed by atoms with E-state index in [1.54, 1.807) is 0 Å². The van der Waals surface area contributed by atoms with Crippen molar-refractivity contribution >= 4 is 15.9 Å². The molecule has 1 aromatic carbocycles. The summed E-state index contributed by atoms with van der Waals surface area (Å²) in [6.45, 7) is 2.06. The van der Waals surface area contributed by atoms with Crippen LogP contribution in [0.5, 0.6) is 5.75 Å². The van der Waals surface area contributed by atoms with Crippen LogP contribution in [0.3, 0.4) is 0 Å². The molecule has 1 heterocycles. The second kappa shape index (κ2) is 6.42. The summed E-state index contributed by atoms with van der Waals surface area (Å²) < 4.78 is 6.46. The molecule has 0 bridgehead atoms. The van der Waals surface area contributed by atoms with E-state index >= 15 is 0 Å². The lowest BCUT2D eigenvalue weighted by Gasteiger charge is -2.32. The van der Waals surface area contributed by atoms with Gasteiger partial charge in [0.2, 0.25) is 0 Å². The van der Waals surface area contributed by atoms with E-state index in [1.165, 1.54) is 0 Å². The van der Waals surface area contributed by atoms with Gasteiger partial charge in [0.15, 0.2) is 0 Å². The molecule has 0 aliphatic carbocycles. The highest BCUT2D eigenvalue weighted by Gasteiger charge is 2.28. The van der Waals surface area contributed by atoms with E-state index in [-0.39, 0.29) is 0 Å². The maximum Gasteiger partial charge on any atom is 0.149 e. The molecule has 1 saturated heterocycles. The summed E-state index contributed by atoms with van der Waals surface area (Å²) in [5.41, 5.74) is -0.843. The first kappa shape index (κ1) is 14.4. The van der Waals surface area contributed by atoms with Crippen molar-refractivity contribution in [2.75, 3.05) is 26.7 Å². The molecule has 19 heavy (non-hydrogen) atoms. The molecule has 1 aromatic rings. The minimum Gasteiger partial charge on any atom is -0.480 e. The fraction of sp³-hybridized carbons (Fsp3) is 0.467. The number of hydrogen-bond donors (Lipinski definition) is 1. The molecule has 1 aliphatic rings. The molecule has 0 atom stereocenters. The van der Waals surface area contributed by atoms with E-state index in [0.29, 0.717) is 19.4 Å². The molecule has 0 saturated carbocycles. The van der Waals surface area contributed by atoms with Crippen LogP contribution >= 0.6 is 15.9 Å². The number of rotatable bonds is 2. The summed E-state index contributed by atoms with van der Waals surface area (Å²) in [7, 11) is 2.06. The van der Waals surface area contributed by atoms with Crippen molar-refractivity contribution in [2.45, 2.75) is 18.4 Å². The van der Waals surface area contributed by atoms with Gasteiger partial charge in [-0.1, -0.05) is 24.0 Å². The highest BCUT2D eigenvalue weighted by Crippen LogP contribution is 2.23. The van der Waals surface area contributed by atoms with Gasteiger partial charge in [-0.25, -0.2) is 0 Å². The zero-order valence-corrected chi connectivity index (χ0v) is 12.6. The SMILES string of the molecule is CN1CCC(O)(C#CCOc2ccccc2Br)CC1. The van der Waals surface area contributed by atoms with Crippen LogP contribution < -0.4 is 4.74 Å². The van der Waals surface area contributed by atoms with Gasteiger partial charge in [0, 0.05) is 25.9 Å². The highest BCUT2D eigenvalue weighted by molar-refractivity contribution is 9.10. The normalized spacial score (nSPS) is 18.5. The minimum atomic E-state index is -0.843. The van der Waals surface area contributed by atoms with E-state index in [9.17, 15) is 5.11 Å². The Kier molecular flexibility index (Phi) is 4.87. The predicted molar refractivity (Wildman–Crippen MR) is 79.1 cm³/mol. The zero-order valence-electron chi connectivity index (χ0n) is 11.0. The standard InChI is InChI=1S/C15H18BrNO2/c1-17-10-8-15(18,9-11-17)7-4-12-19-14-6-3-2-5-13(14)16/h2-3,5-6,18H,8-12H2,1H3. The van der Waals surface area contributed by atoms with Gasteiger partial charge in [-0.05, 0) is 35.1 Å². The first-order chi connectivity index (χ1) is 9.09. The van der Waals surface area contributed by atoms with Crippen molar-refractivity contribution < 1.29 is 9.84 Å². The summed E-state index contributed by atoms with van der Waals surface area (Å²) >= 11 is 3.41. The van der Waals surface area contributed by atoms with Crippen LogP contribution in [-0.2, 0) is 0 Å². The van der Waals surface area contributed by atoms with Crippen LogP contribution in [0.15, 0.2) is 28.7 Å². The maximum absolute atomic E-state index is 10.3. The van der Waals surface area contributed by atoms with Crippen molar-refractivity contribution in [1.29, 1.82) is 0 Å². The van der Waals surface area contributed by atoms with Gasteiger partial charge >= 0.3 is 0 Å². The lowest BCUT2D eigenvalue weighted by molar-refractivity contribution is 0.0348. The number of hydrogen-bond acceptors (Lipinski definition) is 3. The summed E-state index contributed by atoms with van der Waals surface area (Å²) in [5.74, 6) is 6.64. The molecule has 1 N–H and O–H groups in total. The quantitative estimate of drug-likeness (QED) is 0.848. The molecule has 102 valence electrons. The van der Waals surface area contributed by atoms with Crippen LogP contribution in [0.25, 0.3) is 0 Å². The molecule has 1 aliphatic heterocycles. The third-order valence-corrected chi connectivity index (χ3v) is 3.93. The zero-order chi connectivity index (χ0) is 13.7. The summed E-state index contributed by atoms with van der Waals surface area (Å²) in [6, 6.07) is 7.66. The Morgan fingerprint density at radius 1 is 1.37 bits per heavy atom. The molecule has 0 amide bonds. The molecule has 2 rings (SSSR count). The number of aliphatic hydroxyl groups is 1. The van der Waals surface area contributed by atoms with Gasteiger partial charge in [-0.15, -0.1) is 0 Å². The van der Waals surface area contributed by atoms with Crippen molar-refractivity contribution in [1.82, 2.24) is 4.90 Å². The number of halogens is 1. The molecule has 3 nitrogen and oxygen atoms in total. The summed E-state index contributed by atoms with van der Waals surface area (Å²) in [6.07, 6.45) is 1.40. The molecule has 0 radical (unpaired) electrons. The van der Waals surface area contributed by atoms with E-state index in [4.69, 9.17) is 4.74 Å². The molecular formula is C15H18BrNO2. The lowest BCUT2D eigenvalue weighted by Crippen LogP contribution is -2.41. The van der Waals surface area contributed by atoms with Crippen LogP contribution in [-0.4, -0.2) is 42.4 Å². The number of benzene rings is 1. The fourth-order valence-electron chi connectivity index (χ4n) is 1.99. The molecule has 0 unspecified atom stereocenters. The first-order valence-electron chi connectivity index (χ1n) is 6.37. The highest BCUT2D eigenvalue weighted by atomic mass is 79.9. The number of ether oxygens (including phenoxy) is 1. The average Bonchev–Trinajstić information content (AvgIpc) is 2.41. The Labute approximate surface area is 122 Å². The van der Waals surface area contributed by atoms with Gasteiger partial charge in [0.05, 0.1) is 4.47 Å². The van der Waals surface area contributed by atoms with Gasteiger partial charge in [0.1, 0.15) is 18.0 Å². The Hall–Kier alpha value is -1.02. The lowest BCUT2D eigenvalue weighted by atomic mass is 9.92. The Morgan fingerprint density at radius 2 is 2.05 bits per heavy atom. The van der Waals surface area contributed by atoms with Crippen molar-refractivity contribution in [3.05, 3.63) is 28.7 Å². The molecule has 0 spiro atoms. The van der Waals surface area contributed by atoms with Gasteiger partial charge in [-0.3, -0.25) is 0 Å². The largest absolute Gasteiger partial charge is 0.480 e.